The van der Waals surface area contributed by atoms with Gasteiger partial charge < -0.3 is 9.64 Å². The first-order valence-corrected chi connectivity index (χ1v) is 11.3. The van der Waals surface area contributed by atoms with E-state index in [1.54, 1.807) is 0 Å². The Morgan fingerprint density at radius 1 is 1.10 bits per heavy atom. The van der Waals surface area contributed by atoms with Crippen LogP contribution in [0.3, 0.4) is 0 Å². The molecule has 3 atom stereocenters. The van der Waals surface area contributed by atoms with Gasteiger partial charge in [-0.3, -0.25) is 14.5 Å². The summed E-state index contributed by atoms with van der Waals surface area (Å²) in [7, 11) is 0. The van der Waals surface area contributed by atoms with Crippen molar-refractivity contribution >= 4 is 23.5 Å². The van der Waals surface area contributed by atoms with Crippen molar-refractivity contribution in [1.29, 1.82) is 0 Å². The molecule has 0 bridgehead atoms. The van der Waals surface area contributed by atoms with Crippen LogP contribution < -0.4 is 0 Å². The summed E-state index contributed by atoms with van der Waals surface area (Å²) in [5.41, 5.74) is 1.13. The SMILES string of the molecule is CCOC(=O)C1CCCCC1N1CCN(C(=O)C(C)Cc2ccc(Cl)cc2)CC1. The van der Waals surface area contributed by atoms with Gasteiger partial charge >= 0.3 is 5.97 Å². The number of esters is 1. The highest BCUT2D eigenvalue weighted by molar-refractivity contribution is 6.30. The first-order valence-electron chi connectivity index (χ1n) is 10.9. The van der Waals surface area contributed by atoms with Gasteiger partial charge in [0.05, 0.1) is 12.5 Å². The number of piperazine rings is 1. The molecule has 1 aliphatic heterocycles. The van der Waals surface area contributed by atoms with Crippen molar-refractivity contribution in [3.63, 3.8) is 0 Å². The van der Waals surface area contributed by atoms with Crippen LogP contribution in [0.25, 0.3) is 0 Å². The average molecular weight is 421 g/mol. The molecule has 5 nitrogen and oxygen atoms in total. The van der Waals surface area contributed by atoms with Crippen molar-refractivity contribution in [3.05, 3.63) is 34.9 Å². The van der Waals surface area contributed by atoms with Crippen molar-refractivity contribution in [2.45, 2.75) is 52.0 Å². The summed E-state index contributed by atoms with van der Waals surface area (Å²) in [6, 6.07) is 7.98. The summed E-state index contributed by atoms with van der Waals surface area (Å²) >= 11 is 5.95. The van der Waals surface area contributed by atoms with Gasteiger partial charge in [-0.1, -0.05) is 43.5 Å². The number of nitrogens with zero attached hydrogens (tertiary/aromatic N) is 2. The molecule has 2 fully saturated rings. The van der Waals surface area contributed by atoms with Gasteiger partial charge in [0.25, 0.3) is 0 Å². The van der Waals surface area contributed by atoms with Crippen LogP contribution in [0.15, 0.2) is 24.3 Å². The minimum absolute atomic E-state index is 0.0187. The van der Waals surface area contributed by atoms with E-state index in [1.807, 2.05) is 43.0 Å². The largest absolute Gasteiger partial charge is 0.466 e. The van der Waals surface area contributed by atoms with Gasteiger partial charge in [-0.25, -0.2) is 0 Å². The first-order chi connectivity index (χ1) is 14.0. The van der Waals surface area contributed by atoms with E-state index in [2.05, 4.69) is 4.90 Å². The molecule has 1 amide bonds. The van der Waals surface area contributed by atoms with Gasteiger partial charge in [0, 0.05) is 43.2 Å². The minimum atomic E-state index is -0.0512. The predicted octanol–water partition coefficient (Wildman–Crippen LogP) is 3.78. The molecule has 0 radical (unpaired) electrons. The van der Waals surface area contributed by atoms with E-state index in [-0.39, 0.29) is 29.8 Å². The highest BCUT2D eigenvalue weighted by Gasteiger charge is 2.37. The highest BCUT2D eigenvalue weighted by atomic mass is 35.5. The third kappa shape index (κ3) is 5.73. The van der Waals surface area contributed by atoms with Crippen molar-refractivity contribution < 1.29 is 14.3 Å². The quantitative estimate of drug-likeness (QED) is 0.657. The summed E-state index contributed by atoms with van der Waals surface area (Å²) in [5, 5.41) is 0.715. The van der Waals surface area contributed by atoms with Crippen molar-refractivity contribution in [2.75, 3.05) is 32.8 Å². The molecule has 6 heteroatoms. The van der Waals surface area contributed by atoms with Crippen LogP contribution in [0.4, 0.5) is 0 Å². The molecule has 1 aliphatic carbocycles. The minimum Gasteiger partial charge on any atom is -0.466 e. The second-order valence-electron chi connectivity index (χ2n) is 8.30. The first kappa shape index (κ1) is 22.1. The molecule has 1 heterocycles. The number of amides is 1. The summed E-state index contributed by atoms with van der Waals surface area (Å²) in [4.78, 5) is 29.7. The topological polar surface area (TPSA) is 49.9 Å². The lowest BCUT2D eigenvalue weighted by Crippen LogP contribution is -2.56. The van der Waals surface area contributed by atoms with Gasteiger partial charge in [-0.2, -0.15) is 0 Å². The number of hydrogen-bond acceptors (Lipinski definition) is 4. The van der Waals surface area contributed by atoms with Gasteiger partial charge in [0.2, 0.25) is 5.91 Å². The molecule has 1 aromatic rings. The molecular weight excluding hydrogens is 388 g/mol. The van der Waals surface area contributed by atoms with Crippen molar-refractivity contribution in [3.8, 4) is 0 Å². The lowest BCUT2D eigenvalue weighted by atomic mass is 9.83. The molecule has 0 aromatic heterocycles. The number of carbonyl (C=O) groups is 2. The third-order valence-corrected chi connectivity index (χ3v) is 6.54. The Balaban J connectivity index is 1.52. The molecule has 29 heavy (non-hydrogen) atoms. The van der Waals surface area contributed by atoms with E-state index in [0.29, 0.717) is 11.6 Å². The lowest BCUT2D eigenvalue weighted by Gasteiger charge is -2.43. The Morgan fingerprint density at radius 2 is 1.76 bits per heavy atom. The van der Waals surface area contributed by atoms with E-state index >= 15 is 0 Å². The Bertz CT molecular complexity index is 686. The monoisotopic (exact) mass is 420 g/mol. The number of benzene rings is 1. The summed E-state index contributed by atoms with van der Waals surface area (Å²) in [5.74, 6) is 0.0944. The van der Waals surface area contributed by atoms with Crippen LogP contribution in [-0.4, -0.2) is 60.5 Å². The Hall–Kier alpha value is -1.59. The Morgan fingerprint density at radius 3 is 2.41 bits per heavy atom. The molecule has 0 N–H and O–H groups in total. The number of hydrogen-bond donors (Lipinski definition) is 0. The van der Waals surface area contributed by atoms with Crippen LogP contribution in [0, 0.1) is 11.8 Å². The second kappa shape index (κ2) is 10.4. The number of carbonyl (C=O) groups excluding carboxylic acids is 2. The van der Waals surface area contributed by atoms with Crippen molar-refractivity contribution in [2.24, 2.45) is 11.8 Å². The summed E-state index contributed by atoms with van der Waals surface area (Å²) in [6.07, 6.45) is 4.95. The van der Waals surface area contributed by atoms with Gasteiger partial charge in [0.15, 0.2) is 0 Å². The van der Waals surface area contributed by atoms with E-state index < -0.39 is 0 Å². The van der Waals surface area contributed by atoms with Crippen LogP contribution in [0.2, 0.25) is 5.02 Å². The van der Waals surface area contributed by atoms with Crippen LogP contribution in [0.1, 0.15) is 45.1 Å². The standard InChI is InChI=1S/C23H33ClN2O3/c1-3-29-23(28)20-6-4-5-7-21(20)25-12-14-26(15-13-25)22(27)17(2)16-18-8-10-19(24)11-9-18/h8-11,17,20-21H,3-7,12-16H2,1-2H3. The van der Waals surface area contributed by atoms with E-state index in [1.165, 1.54) is 0 Å². The van der Waals surface area contributed by atoms with E-state index in [0.717, 1.165) is 63.8 Å². The lowest BCUT2D eigenvalue weighted by molar-refractivity contribution is -0.153. The number of ether oxygens (including phenoxy) is 1. The fourth-order valence-corrected chi connectivity index (χ4v) is 4.85. The van der Waals surface area contributed by atoms with Crippen molar-refractivity contribution in [1.82, 2.24) is 9.80 Å². The summed E-state index contributed by atoms with van der Waals surface area (Å²) < 4.78 is 5.32. The molecule has 3 rings (SSSR count). The third-order valence-electron chi connectivity index (χ3n) is 6.29. The maximum absolute atomic E-state index is 12.9. The second-order valence-corrected chi connectivity index (χ2v) is 8.74. The van der Waals surface area contributed by atoms with E-state index in [9.17, 15) is 9.59 Å². The molecular formula is C23H33ClN2O3. The molecule has 2 aliphatic rings. The van der Waals surface area contributed by atoms with Gasteiger partial charge in [-0.05, 0) is 43.9 Å². The Kier molecular flexibility index (Phi) is 7.96. The molecule has 160 valence electrons. The number of rotatable bonds is 6. The zero-order valence-corrected chi connectivity index (χ0v) is 18.4. The highest BCUT2D eigenvalue weighted by Crippen LogP contribution is 2.30. The van der Waals surface area contributed by atoms with E-state index in [4.69, 9.17) is 16.3 Å². The molecule has 1 saturated carbocycles. The van der Waals surface area contributed by atoms with Crippen LogP contribution >= 0.6 is 11.6 Å². The zero-order chi connectivity index (χ0) is 20.8. The zero-order valence-electron chi connectivity index (χ0n) is 17.6. The van der Waals surface area contributed by atoms with Gasteiger partial charge in [0.1, 0.15) is 0 Å². The van der Waals surface area contributed by atoms with Crippen LogP contribution in [0.5, 0.6) is 0 Å². The fourth-order valence-electron chi connectivity index (χ4n) is 4.72. The molecule has 0 spiro atoms. The molecule has 1 aromatic carbocycles. The maximum Gasteiger partial charge on any atom is 0.310 e. The molecule has 3 unspecified atom stereocenters. The summed E-state index contributed by atoms with van der Waals surface area (Å²) in [6.45, 7) is 7.44. The smallest absolute Gasteiger partial charge is 0.310 e. The van der Waals surface area contributed by atoms with Gasteiger partial charge in [-0.15, -0.1) is 0 Å². The predicted molar refractivity (Wildman–Crippen MR) is 115 cm³/mol. The number of halogens is 1. The average Bonchev–Trinajstić information content (AvgIpc) is 2.75. The Labute approximate surface area is 179 Å². The molecule has 1 saturated heterocycles. The normalized spacial score (nSPS) is 24.2. The van der Waals surface area contributed by atoms with Crippen LogP contribution in [-0.2, 0) is 20.7 Å². The maximum atomic E-state index is 12.9. The fraction of sp³-hybridized carbons (Fsp3) is 0.652.